The molecule has 0 heterocycles. The summed E-state index contributed by atoms with van der Waals surface area (Å²) in [4.78, 5) is 23.1. The van der Waals surface area contributed by atoms with Crippen molar-refractivity contribution in [1.29, 1.82) is 0 Å². The highest BCUT2D eigenvalue weighted by Gasteiger charge is 2.27. The number of halogens is 1. The Bertz CT molecular complexity index is 509. The summed E-state index contributed by atoms with van der Waals surface area (Å²) in [6.45, 7) is 5.58. The standard InChI is InChI=1S/C13H18ClN3O2/c1-13(2,3)10(15)12(19)17-9-6-7(11(16)18)4-5-8(9)14/h4-6,10H,15H2,1-3H3,(H2,16,18)(H,17,19). The summed E-state index contributed by atoms with van der Waals surface area (Å²) in [7, 11) is 0. The first-order valence-electron chi connectivity index (χ1n) is 5.78. The van der Waals surface area contributed by atoms with Crippen molar-refractivity contribution in [1.82, 2.24) is 0 Å². The molecule has 1 atom stereocenters. The first-order chi connectivity index (χ1) is 8.62. The zero-order valence-electron chi connectivity index (χ0n) is 11.2. The fraction of sp³-hybridized carbons (Fsp3) is 0.385. The maximum Gasteiger partial charge on any atom is 0.248 e. The van der Waals surface area contributed by atoms with E-state index in [1.54, 1.807) is 0 Å². The van der Waals surface area contributed by atoms with Crippen molar-refractivity contribution in [3.63, 3.8) is 0 Å². The molecule has 0 aliphatic rings. The lowest BCUT2D eigenvalue weighted by molar-refractivity contribution is -0.119. The Kier molecular flexibility index (Phi) is 4.55. The molecule has 5 N–H and O–H groups in total. The van der Waals surface area contributed by atoms with Crippen molar-refractivity contribution < 1.29 is 9.59 Å². The maximum absolute atomic E-state index is 12.0. The Hall–Kier alpha value is -1.59. The number of hydrogen-bond donors (Lipinski definition) is 3. The number of carbonyl (C=O) groups is 2. The molecule has 0 aliphatic heterocycles. The molecular formula is C13H18ClN3O2. The molecule has 0 aliphatic carbocycles. The van der Waals surface area contributed by atoms with Crippen molar-refractivity contribution in [2.45, 2.75) is 26.8 Å². The van der Waals surface area contributed by atoms with E-state index in [-0.39, 0.29) is 16.9 Å². The minimum Gasteiger partial charge on any atom is -0.366 e. The zero-order valence-corrected chi connectivity index (χ0v) is 11.9. The van der Waals surface area contributed by atoms with Crippen LogP contribution < -0.4 is 16.8 Å². The van der Waals surface area contributed by atoms with Gasteiger partial charge in [0.05, 0.1) is 16.8 Å². The average Bonchev–Trinajstić information content (AvgIpc) is 2.29. The fourth-order valence-electron chi connectivity index (χ4n) is 1.38. The minimum absolute atomic E-state index is 0.268. The fourth-order valence-corrected chi connectivity index (χ4v) is 1.54. The Morgan fingerprint density at radius 2 is 1.89 bits per heavy atom. The minimum atomic E-state index is -0.694. The number of benzene rings is 1. The van der Waals surface area contributed by atoms with Crippen LogP contribution in [0.3, 0.4) is 0 Å². The van der Waals surface area contributed by atoms with Crippen molar-refractivity contribution in [2.75, 3.05) is 5.32 Å². The Labute approximate surface area is 117 Å². The predicted molar refractivity (Wildman–Crippen MR) is 76.0 cm³/mol. The average molecular weight is 284 g/mol. The van der Waals surface area contributed by atoms with Gasteiger partial charge < -0.3 is 16.8 Å². The highest BCUT2D eigenvalue weighted by atomic mass is 35.5. The summed E-state index contributed by atoms with van der Waals surface area (Å²) < 4.78 is 0. The van der Waals surface area contributed by atoms with Crippen LogP contribution in [0.4, 0.5) is 5.69 Å². The predicted octanol–water partition coefficient (Wildman–Crippen LogP) is 1.75. The monoisotopic (exact) mass is 283 g/mol. The van der Waals surface area contributed by atoms with Crippen molar-refractivity contribution >= 4 is 29.1 Å². The van der Waals surface area contributed by atoms with E-state index in [9.17, 15) is 9.59 Å². The number of hydrogen-bond acceptors (Lipinski definition) is 3. The molecule has 0 saturated carbocycles. The van der Waals surface area contributed by atoms with Crippen LogP contribution in [0.2, 0.25) is 5.02 Å². The van der Waals surface area contributed by atoms with Crippen molar-refractivity contribution in [3.05, 3.63) is 28.8 Å². The van der Waals surface area contributed by atoms with Gasteiger partial charge in [-0.15, -0.1) is 0 Å². The van der Waals surface area contributed by atoms with Crippen molar-refractivity contribution in [2.24, 2.45) is 16.9 Å². The third-order valence-corrected chi connectivity index (χ3v) is 3.05. The molecule has 0 aromatic heterocycles. The summed E-state index contributed by atoms with van der Waals surface area (Å²) in [5.41, 5.74) is 11.2. The highest BCUT2D eigenvalue weighted by molar-refractivity contribution is 6.34. The molecule has 0 fully saturated rings. The molecule has 1 unspecified atom stereocenters. The van der Waals surface area contributed by atoms with Gasteiger partial charge in [-0.3, -0.25) is 9.59 Å². The first-order valence-corrected chi connectivity index (χ1v) is 6.16. The number of rotatable bonds is 3. The second-order valence-corrected chi connectivity index (χ2v) is 5.80. The van der Waals surface area contributed by atoms with E-state index < -0.39 is 11.9 Å². The van der Waals surface area contributed by atoms with Gasteiger partial charge in [0.25, 0.3) is 0 Å². The molecule has 1 aromatic rings. The lowest BCUT2D eigenvalue weighted by Gasteiger charge is -2.26. The third kappa shape index (κ3) is 3.94. The van der Waals surface area contributed by atoms with E-state index in [2.05, 4.69) is 5.32 Å². The van der Waals surface area contributed by atoms with E-state index in [1.807, 2.05) is 20.8 Å². The van der Waals surface area contributed by atoms with Gasteiger partial charge in [-0.25, -0.2) is 0 Å². The number of amides is 2. The Morgan fingerprint density at radius 3 is 2.37 bits per heavy atom. The smallest absolute Gasteiger partial charge is 0.248 e. The SMILES string of the molecule is CC(C)(C)C(N)C(=O)Nc1cc(C(N)=O)ccc1Cl. The third-order valence-electron chi connectivity index (χ3n) is 2.72. The summed E-state index contributed by atoms with van der Waals surface area (Å²) in [5.74, 6) is -0.955. The Balaban J connectivity index is 2.96. The van der Waals surface area contributed by atoms with E-state index in [4.69, 9.17) is 23.1 Å². The molecule has 0 radical (unpaired) electrons. The van der Waals surface area contributed by atoms with Crippen LogP contribution in [-0.2, 0) is 4.79 Å². The summed E-state index contributed by atoms with van der Waals surface area (Å²) >= 11 is 5.96. The molecule has 1 aromatic carbocycles. The van der Waals surface area contributed by atoms with Gasteiger partial charge in [-0.05, 0) is 23.6 Å². The molecule has 5 nitrogen and oxygen atoms in total. The van der Waals surface area contributed by atoms with Crippen molar-refractivity contribution in [3.8, 4) is 0 Å². The quantitative estimate of drug-likeness (QED) is 0.788. The van der Waals surface area contributed by atoms with E-state index in [0.29, 0.717) is 10.7 Å². The first kappa shape index (κ1) is 15.5. The molecule has 1 rings (SSSR count). The van der Waals surface area contributed by atoms with Gasteiger partial charge in [0, 0.05) is 5.56 Å². The van der Waals surface area contributed by atoms with Crippen LogP contribution in [0.25, 0.3) is 0 Å². The number of nitrogens with two attached hydrogens (primary N) is 2. The second kappa shape index (κ2) is 5.59. The topological polar surface area (TPSA) is 98.2 Å². The van der Waals surface area contributed by atoms with Crippen LogP contribution in [0, 0.1) is 5.41 Å². The van der Waals surface area contributed by atoms with E-state index in [0.717, 1.165) is 0 Å². The normalized spacial score (nSPS) is 12.9. The summed E-state index contributed by atoms with van der Waals surface area (Å²) in [6, 6.07) is 3.72. The molecule has 0 bridgehead atoms. The van der Waals surface area contributed by atoms with E-state index in [1.165, 1.54) is 18.2 Å². The molecule has 104 valence electrons. The second-order valence-electron chi connectivity index (χ2n) is 5.39. The van der Waals surface area contributed by atoms with Crippen LogP contribution in [-0.4, -0.2) is 17.9 Å². The van der Waals surface area contributed by atoms with Gasteiger partial charge in [0.2, 0.25) is 11.8 Å². The van der Waals surface area contributed by atoms with Gasteiger partial charge in [0.1, 0.15) is 0 Å². The van der Waals surface area contributed by atoms with Gasteiger partial charge in [-0.1, -0.05) is 32.4 Å². The largest absolute Gasteiger partial charge is 0.366 e. The summed E-state index contributed by atoms with van der Waals surface area (Å²) in [5, 5.41) is 2.93. The lowest BCUT2D eigenvalue weighted by Crippen LogP contribution is -2.45. The molecule has 0 spiro atoms. The molecule has 6 heteroatoms. The number of primary amides is 1. The maximum atomic E-state index is 12.0. The van der Waals surface area contributed by atoms with Gasteiger partial charge in [-0.2, -0.15) is 0 Å². The molecule has 2 amide bonds. The van der Waals surface area contributed by atoms with Crippen LogP contribution >= 0.6 is 11.6 Å². The summed E-state index contributed by atoms with van der Waals surface area (Å²) in [6.07, 6.45) is 0. The van der Waals surface area contributed by atoms with Crippen LogP contribution in [0.5, 0.6) is 0 Å². The molecule has 0 saturated heterocycles. The number of carbonyl (C=O) groups excluding carboxylic acids is 2. The van der Waals surface area contributed by atoms with Crippen LogP contribution in [0.15, 0.2) is 18.2 Å². The van der Waals surface area contributed by atoms with E-state index >= 15 is 0 Å². The van der Waals surface area contributed by atoms with Crippen LogP contribution in [0.1, 0.15) is 31.1 Å². The lowest BCUT2D eigenvalue weighted by atomic mass is 9.87. The number of anilines is 1. The van der Waals surface area contributed by atoms with Gasteiger partial charge in [0.15, 0.2) is 0 Å². The van der Waals surface area contributed by atoms with Gasteiger partial charge >= 0.3 is 0 Å². The molecular weight excluding hydrogens is 266 g/mol. The number of nitrogens with one attached hydrogen (secondary N) is 1. The zero-order chi connectivity index (χ0) is 14.8. The highest BCUT2D eigenvalue weighted by Crippen LogP contribution is 2.25. The molecule has 19 heavy (non-hydrogen) atoms. The Morgan fingerprint density at radius 1 is 1.32 bits per heavy atom.